The predicted octanol–water partition coefficient (Wildman–Crippen LogP) is 5.67. The summed E-state index contributed by atoms with van der Waals surface area (Å²) < 4.78 is 61.8. The van der Waals surface area contributed by atoms with E-state index >= 15 is 0 Å². The van der Waals surface area contributed by atoms with Crippen LogP contribution in [0.3, 0.4) is 0 Å². The van der Waals surface area contributed by atoms with Crippen LogP contribution >= 0.6 is 11.6 Å². The molecule has 2 N–H and O–H groups in total. The van der Waals surface area contributed by atoms with E-state index in [9.17, 15) is 32.3 Å². The minimum absolute atomic E-state index is 0.0167. The summed E-state index contributed by atoms with van der Waals surface area (Å²) in [7, 11) is 0. The third-order valence-corrected chi connectivity index (χ3v) is 5.40. The number of rotatable bonds is 9. The van der Waals surface area contributed by atoms with Gasteiger partial charge in [0, 0.05) is 11.1 Å². The number of nitrogens with one attached hydrogen (secondary N) is 1. The normalized spacial score (nSPS) is 14.6. The fourth-order valence-corrected chi connectivity index (χ4v) is 3.63. The zero-order valence-corrected chi connectivity index (χ0v) is 19.0. The van der Waals surface area contributed by atoms with E-state index in [0.717, 1.165) is 31.0 Å². The maximum absolute atomic E-state index is 14.8. The molecule has 1 atom stereocenters. The van der Waals surface area contributed by atoms with Crippen LogP contribution in [0.4, 0.5) is 17.6 Å². The molecule has 1 aliphatic carbocycles. The molecule has 2 aromatic rings. The van der Waals surface area contributed by atoms with Gasteiger partial charge in [0.2, 0.25) is 0 Å². The van der Waals surface area contributed by atoms with E-state index in [1.807, 2.05) is 0 Å². The summed E-state index contributed by atoms with van der Waals surface area (Å²) in [4.78, 5) is 24.0. The Labute approximate surface area is 197 Å². The molecule has 0 radical (unpaired) electrons. The average Bonchev–Trinajstić information content (AvgIpc) is 3.53. The molecule has 34 heavy (non-hydrogen) atoms. The first-order valence-corrected chi connectivity index (χ1v) is 10.8. The van der Waals surface area contributed by atoms with Gasteiger partial charge >= 0.3 is 12.3 Å². The standard InChI is InChI=1S/C23H22ClF4NO5/c1-11(2)20(22(31)32)29-21(30)18-9-17(12-3-4-12)13(5-19(18)25)10-33-15-6-14(24)7-16(8-15)34-23(26,27)28/h5-9,11-12,20H,3-4,10H2,1-2H3,(H,29,30)(H,31,32)/t20-/m0/s1. The fourth-order valence-electron chi connectivity index (χ4n) is 3.41. The molecule has 0 bridgehead atoms. The number of amides is 1. The SMILES string of the molecule is CC(C)[C@H](NC(=O)c1cc(C2CC2)c(COc2cc(Cl)cc(OC(F)(F)F)c2)cc1F)C(=O)O. The number of carbonyl (C=O) groups excluding carboxylic acids is 1. The van der Waals surface area contributed by atoms with Gasteiger partial charge in [0.15, 0.2) is 0 Å². The molecule has 1 fully saturated rings. The maximum Gasteiger partial charge on any atom is 0.573 e. The topological polar surface area (TPSA) is 84.9 Å². The van der Waals surface area contributed by atoms with Crippen molar-refractivity contribution in [2.45, 2.75) is 51.6 Å². The second kappa shape index (κ2) is 10.1. The molecule has 3 rings (SSSR count). The monoisotopic (exact) mass is 503 g/mol. The molecule has 0 aliphatic heterocycles. The first-order valence-electron chi connectivity index (χ1n) is 10.4. The van der Waals surface area contributed by atoms with E-state index in [2.05, 4.69) is 10.1 Å². The highest BCUT2D eigenvalue weighted by Crippen LogP contribution is 2.43. The number of hydrogen-bond acceptors (Lipinski definition) is 4. The summed E-state index contributed by atoms with van der Waals surface area (Å²) in [5.74, 6) is -3.88. The van der Waals surface area contributed by atoms with Gasteiger partial charge in [-0.1, -0.05) is 25.4 Å². The zero-order chi connectivity index (χ0) is 25.2. The van der Waals surface area contributed by atoms with Gasteiger partial charge < -0.3 is 19.9 Å². The van der Waals surface area contributed by atoms with Crippen LogP contribution in [0.1, 0.15) is 54.1 Å². The highest BCUT2D eigenvalue weighted by Gasteiger charge is 2.32. The highest BCUT2D eigenvalue weighted by molar-refractivity contribution is 6.30. The molecule has 0 unspecified atom stereocenters. The van der Waals surface area contributed by atoms with Crippen molar-refractivity contribution < 1.29 is 41.7 Å². The first-order chi connectivity index (χ1) is 15.8. The van der Waals surface area contributed by atoms with E-state index in [0.29, 0.717) is 11.1 Å². The van der Waals surface area contributed by atoms with Crippen LogP contribution in [0.5, 0.6) is 11.5 Å². The van der Waals surface area contributed by atoms with Gasteiger partial charge in [0.25, 0.3) is 5.91 Å². The van der Waals surface area contributed by atoms with E-state index in [4.69, 9.17) is 16.3 Å². The van der Waals surface area contributed by atoms with Crippen molar-refractivity contribution in [3.05, 3.63) is 57.9 Å². The number of carbonyl (C=O) groups is 2. The molecule has 0 spiro atoms. The number of carboxylic acid groups (broad SMARTS) is 1. The van der Waals surface area contributed by atoms with Crippen LogP contribution in [-0.2, 0) is 11.4 Å². The molecule has 2 aromatic carbocycles. The van der Waals surface area contributed by atoms with Crippen LogP contribution in [0.25, 0.3) is 0 Å². The van der Waals surface area contributed by atoms with Gasteiger partial charge in [-0.3, -0.25) is 4.79 Å². The molecule has 0 heterocycles. The number of aliphatic carboxylic acids is 1. The molecule has 11 heteroatoms. The van der Waals surface area contributed by atoms with Crippen LogP contribution in [-0.4, -0.2) is 29.4 Å². The summed E-state index contributed by atoms with van der Waals surface area (Å²) in [5.41, 5.74) is 0.770. The Hall–Kier alpha value is -3.01. The number of carboxylic acids is 1. The minimum Gasteiger partial charge on any atom is -0.489 e. The Balaban J connectivity index is 1.82. The molecule has 184 valence electrons. The largest absolute Gasteiger partial charge is 0.573 e. The number of ether oxygens (including phenoxy) is 2. The smallest absolute Gasteiger partial charge is 0.489 e. The number of benzene rings is 2. The van der Waals surface area contributed by atoms with Crippen LogP contribution in [0, 0.1) is 11.7 Å². The minimum atomic E-state index is -4.91. The molecular formula is C23H22ClF4NO5. The average molecular weight is 504 g/mol. The Bertz CT molecular complexity index is 1090. The van der Waals surface area contributed by atoms with E-state index in [-0.39, 0.29) is 28.9 Å². The molecular weight excluding hydrogens is 482 g/mol. The van der Waals surface area contributed by atoms with Crippen molar-refractivity contribution in [1.82, 2.24) is 5.32 Å². The summed E-state index contributed by atoms with van der Waals surface area (Å²) in [5, 5.41) is 11.6. The van der Waals surface area contributed by atoms with Crippen molar-refractivity contribution in [3.8, 4) is 11.5 Å². The Morgan fingerprint density at radius 1 is 1.15 bits per heavy atom. The van der Waals surface area contributed by atoms with Gasteiger partial charge in [0.1, 0.15) is 30.0 Å². The zero-order valence-electron chi connectivity index (χ0n) is 18.2. The third kappa shape index (κ3) is 6.75. The number of hydrogen-bond donors (Lipinski definition) is 2. The van der Waals surface area contributed by atoms with Gasteiger partial charge in [-0.25, -0.2) is 9.18 Å². The lowest BCUT2D eigenvalue weighted by molar-refractivity contribution is -0.274. The van der Waals surface area contributed by atoms with Gasteiger partial charge in [-0.05, 0) is 60.1 Å². The lowest BCUT2D eigenvalue weighted by Crippen LogP contribution is -2.44. The van der Waals surface area contributed by atoms with Crippen molar-refractivity contribution >= 4 is 23.5 Å². The predicted molar refractivity (Wildman–Crippen MR) is 115 cm³/mol. The lowest BCUT2D eigenvalue weighted by Gasteiger charge is -2.19. The quantitative estimate of drug-likeness (QED) is 0.430. The van der Waals surface area contributed by atoms with Crippen molar-refractivity contribution in [1.29, 1.82) is 0 Å². The molecule has 1 amide bonds. The second-order valence-electron chi connectivity index (χ2n) is 8.30. The van der Waals surface area contributed by atoms with Crippen LogP contribution in [0.2, 0.25) is 5.02 Å². The Kier molecular flexibility index (Phi) is 7.60. The number of halogens is 5. The molecule has 6 nitrogen and oxygen atoms in total. The second-order valence-corrected chi connectivity index (χ2v) is 8.73. The van der Waals surface area contributed by atoms with Gasteiger partial charge in [-0.15, -0.1) is 13.2 Å². The molecule has 1 saturated carbocycles. The van der Waals surface area contributed by atoms with E-state index in [1.54, 1.807) is 13.8 Å². The fraction of sp³-hybridized carbons (Fsp3) is 0.391. The maximum atomic E-state index is 14.8. The van der Waals surface area contributed by atoms with Gasteiger partial charge in [0.05, 0.1) is 5.56 Å². The third-order valence-electron chi connectivity index (χ3n) is 5.18. The van der Waals surface area contributed by atoms with Crippen molar-refractivity contribution in [3.63, 3.8) is 0 Å². The Morgan fingerprint density at radius 2 is 1.79 bits per heavy atom. The summed E-state index contributed by atoms with van der Waals surface area (Å²) in [6.07, 6.45) is -3.29. The summed E-state index contributed by atoms with van der Waals surface area (Å²) >= 11 is 5.85. The lowest BCUT2D eigenvalue weighted by atomic mass is 9.98. The molecule has 1 aliphatic rings. The van der Waals surface area contributed by atoms with Crippen molar-refractivity contribution in [2.24, 2.45) is 5.92 Å². The van der Waals surface area contributed by atoms with Gasteiger partial charge in [-0.2, -0.15) is 0 Å². The first kappa shape index (κ1) is 25.6. The van der Waals surface area contributed by atoms with Crippen LogP contribution < -0.4 is 14.8 Å². The Morgan fingerprint density at radius 3 is 2.35 bits per heavy atom. The van der Waals surface area contributed by atoms with Crippen molar-refractivity contribution in [2.75, 3.05) is 0 Å². The summed E-state index contributed by atoms with van der Waals surface area (Å²) in [6.45, 7) is 3.04. The van der Waals surface area contributed by atoms with E-state index < -0.39 is 41.8 Å². The van der Waals surface area contributed by atoms with E-state index in [1.165, 1.54) is 12.1 Å². The summed E-state index contributed by atoms with van der Waals surface area (Å²) in [6, 6.07) is 4.58. The molecule has 0 saturated heterocycles. The highest BCUT2D eigenvalue weighted by atomic mass is 35.5. The number of alkyl halides is 3. The van der Waals surface area contributed by atoms with Crippen LogP contribution in [0.15, 0.2) is 30.3 Å². The molecule has 0 aromatic heterocycles.